The Morgan fingerprint density at radius 2 is 1.44 bits per heavy atom. The molecule has 4 atom stereocenters. The highest BCUT2D eigenvalue weighted by Crippen LogP contribution is 2.10. The maximum atomic E-state index is 12.9. The Labute approximate surface area is 188 Å². The van der Waals surface area contributed by atoms with Gasteiger partial charge in [-0.05, 0) is 44.1 Å². The van der Waals surface area contributed by atoms with Gasteiger partial charge >= 0.3 is 5.97 Å². The summed E-state index contributed by atoms with van der Waals surface area (Å²) in [5.74, 6) is -3.75. The summed E-state index contributed by atoms with van der Waals surface area (Å²) in [5.41, 5.74) is 5.23. The van der Waals surface area contributed by atoms with E-state index in [1.54, 1.807) is 0 Å². The summed E-state index contributed by atoms with van der Waals surface area (Å²) in [7, 11) is 0. The number of primary amides is 1. The minimum atomic E-state index is -1.36. The van der Waals surface area contributed by atoms with Crippen LogP contribution in [-0.2, 0) is 24.0 Å². The highest BCUT2D eigenvalue weighted by Gasteiger charge is 2.32. The first kappa shape index (κ1) is 27.3. The molecule has 4 amide bonds. The van der Waals surface area contributed by atoms with Gasteiger partial charge in [0.1, 0.15) is 18.1 Å². The van der Waals surface area contributed by atoms with Gasteiger partial charge in [-0.2, -0.15) is 0 Å². The van der Waals surface area contributed by atoms with Crippen LogP contribution in [0, 0.1) is 11.8 Å². The summed E-state index contributed by atoms with van der Waals surface area (Å²) < 4.78 is 0. The summed E-state index contributed by atoms with van der Waals surface area (Å²) in [4.78, 5) is 61.1. The molecule has 0 aromatic heterocycles. The average molecular weight is 456 g/mol. The first-order valence-corrected chi connectivity index (χ1v) is 11.1. The van der Waals surface area contributed by atoms with Gasteiger partial charge in [-0.1, -0.05) is 27.7 Å². The van der Waals surface area contributed by atoms with E-state index in [2.05, 4.69) is 21.3 Å². The molecule has 1 heterocycles. The van der Waals surface area contributed by atoms with Crippen molar-refractivity contribution in [2.75, 3.05) is 6.54 Å². The van der Waals surface area contributed by atoms with Gasteiger partial charge < -0.3 is 32.1 Å². The predicted molar refractivity (Wildman–Crippen MR) is 117 cm³/mol. The van der Waals surface area contributed by atoms with E-state index in [-0.39, 0.29) is 30.2 Å². The molecular weight excluding hydrogens is 418 g/mol. The second kappa shape index (κ2) is 13.0. The molecule has 1 aliphatic heterocycles. The van der Waals surface area contributed by atoms with Gasteiger partial charge in [-0.15, -0.1) is 0 Å². The second-order valence-electron chi connectivity index (χ2n) is 9.10. The molecule has 4 unspecified atom stereocenters. The minimum Gasteiger partial charge on any atom is -0.480 e. The molecule has 0 bridgehead atoms. The molecule has 0 saturated carbocycles. The normalized spacial score (nSPS) is 18.6. The van der Waals surface area contributed by atoms with E-state index in [1.807, 2.05) is 27.7 Å². The zero-order chi connectivity index (χ0) is 24.4. The Bertz CT molecular complexity index is 690. The molecule has 32 heavy (non-hydrogen) atoms. The van der Waals surface area contributed by atoms with Crippen molar-refractivity contribution in [1.29, 1.82) is 0 Å². The van der Waals surface area contributed by atoms with E-state index in [0.29, 0.717) is 12.8 Å². The molecule has 0 radical (unpaired) electrons. The zero-order valence-electron chi connectivity index (χ0n) is 19.3. The third-order valence-corrected chi connectivity index (χ3v) is 5.08. The SMILES string of the molecule is CC(C)CC(NC(=O)C(CC(N)=O)NC(=O)C(CC(C)C)NC(=O)C1CCCN1)C(=O)O. The molecule has 182 valence electrons. The number of rotatable bonds is 13. The summed E-state index contributed by atoms with van der Waals surface area (Å²) >= 11 is 0. The van der Waals surface area contributed by atoms with E-state index in [4.69, 9.17) is 5.73 Å². The van der Waals surface area contributed by atoms with Crippen LogP contribution in [0.2, 0.25) is 0 Å². The fraction of sp³-hybridized carbons (Fsp3) is 0.762. The molecule has 0 aromatic carbocycles. The summed E-state index contributed by atoms with van der Waals surface area (Å²) in [6.07, 6.45) is 1.53. The summed E-state index contributed by atoms with van der Waals surface area (Å²) in [5, 5.41) is 20.0. The van der Waals surface area contributed by atoms with Crippen LogP contribution in [0.4, 0.5) is 0 Å². The predicted octanol–water partition coefficient (Wildman–Crippen LogP) is -0.755. The maximum Gasteiger partial charge on any atom is 0.326 e. The van der Waals surface area contributed by atoms with Gasteiger partial charge in [-0.25, -0.2) is 4.79 Å². The Hall–Kier alpha value is -2.69. The molecule has 0 aromatic rings. The summed E-state index contributed by atoms with van der Waals surface area (Å²) in [6, 6.07) is -3.83. The molecule has 1 saturated heterocycles. The Balaban J connectivity index is 2.92. The fourth-order valence-corrected chi connectivity index (χ4v) is 3.53. The third kappa shape index (κ3) is 9.63. The van der Waals surface area contributed by atoms with Crippen LogP contribution in [-0.4, -0.2) is 65.4 Å². The number of carbonyl (C=O) groups is 5. The van der Waals surface area contributed by atoms with Crippen LogP contribution in [0.1, 0.15) is 59.8 Å². The highest BCUT2D eigenvalue weighted by molar-refractivity contribution is 5.96. The van der Waals surface area contributed by atoms with Crippen molar-refractivity contribution in [1.82, 2.24) is 21.3 Å². The Morgan fingerprint density at radius 1 is 0.906 bits per heavy atom. The fourth-order valence-electron chi connectivity index (χ4n) is 3.53. The van der Waals surface area contributed by atoms with Crippen LogP contribution < -0.4 is 27.0 Å². The monoisotopic (exact) mass is 455 g/mol. The van der Waals surface area contributed by atoms with Crippen molar-refractivity contribution in [2.45, 2.75) is 84.0 Å². The van der Waals surface area contributed by atoms with Crippen LogP contribution in [0.5, 0.6) is 0 Å². The summed E-state index contributed by atoms with van der Waals surface area (Å²) in [6.45, 7) is 8.11. The number of nitrogens with two attached hydrogens (primary N) is 1. The number of carbonyl (C=O) groups excluding carboxylic acids is 4. The number of hydrogen-bond acceptors (Lipinski definition) is 6. The lowest BCUT2D eigenvalue weighted by atomic mass is 10.0. The van der Waals surface area contributed by atoms with Crippen LogP contribution >= 0.6 is 0 Å². The van der Waals surface area contributed by atoms with E-state index >= 15 is 0 Å². The van der Waals surface area contributed by atoms with E-state index in [1.165, 1.54) is 0 Å². The molecule has 0 aliphatic carbocycles. The van der Waals surface area contributed by atoms with Gasteiger partial charge in [0.15, 0.2) is 0 Å². The van der Waals surface area contributed by atoms with E-state index < -0.39 is 48.2 Å². The highest BCUT2D eigenvalue weighted by atomic mass is 16.4. The Morgan fingerprint density at radius 3 is 1.91 bits per heavy atom. The lowest BCUT2D eigenvalue weighted by Gasteiger charge is -2.26. The van der Waals surface area contributed by atoms with Crippen molar-refractivity contribution in [2.24, 2.45) is 17.6 Å². The van der Waals surface area contributed by atoms with Crippen LogP contribution in [0.15, 0.2) is 0 Å². The Kier molecular flexibility index (Phi) is 11.1. The second-order valence-corrected chi connectivity index (χ2v) is 9.10. The standard InChI is InChI=1S/C21H37N5O6/c1-11(2)8-14(24-18(28)13-6-5-7-23-13)19(29)25-15(10-17(22)27)20(30)26-16(21(31)32)9-12(3)4/h11-16,23H,5-10H2,1-4H3,(H2,22,27)(H,24,28)(H,25,29)(H,26,30)(H,31,32). The van der Waals surface area contributed by atoms with Crippen molar-refractivity contribution in [3.05, 3.63) is 0 Å². The van der Waals surface area contributed by atoms with Crippen LogP contribution in [0.25, 0.3) is 0 Å². The molecule has 1 rings (SSSR count). The lowest BCUT2D eigenvalue weighted by molar-refractivity contribution is -0.143. The first-order chi connectivity index (χ1) is 14.9. The van der Waals surface area contributed by atoms with Crippen LogP contribution in [0.3, 0.4) is 0 Å². The quantitative estimate of drug-likeness (QED) is 0.211. The number of hydrogen-bond donors (Lipinski definition) is 6. The van der Waals surface area contributed by atoms with Gasteiger partial charge in [0.2, 0.25) is 23.6 Å². The maximum absolute atomic E-state index is 12.9. The van der Waals surface area contributed by atoms with Crippen molar-refractivity contribution >= 4 is 29.6 Å². The number of amides is 4. The molecule has 7 N–H and O–H groups in total. The van der Waals surface area contributed by atoms with Crippen molar-refractivity contribution in [3.63, 3.8) is 0 Å². The minimum absolute atomic E-state index is 0.00425. The van der Waals surface area contributed by atoms with Gasteiger partial charge in [-0.3, -0.25) is 19.2 Å². The van der Waals surface area contributed by atoms with E-state index in [0.717, 1.165) is 13.0 Å². The van der Waals surface area contributed by atoms with Crippen molar-refractivity contribution < 1.29 is 29.1 Å². The third-order valence-electron chi connectivity index (χ3n) is 5.08. The number of aliphatic carboxylic acids is 1. The zero-order valence-corrected chi connectivity index (χ0v) is 19.3. The molecule has 11 nitrogen and oxygen atoms in total. The van der Waals surface area contributed by atoms with Gasteiger partial charge in [0, 0.05) is 0 Å². The average Bonchev–Trinajstić information content (AvgIpc) is 3.20. The number of nitrogens with one attached hydrogen (secondary N) is 4. The molecule has 0 spiro atoms. The number of carboxylic acid groups (broad SMARTS) is 1. The van der Waals surface area contributed by atoms with Crippen molar-refractivity contribution in [3.8, 4) is 0 Å². The smallest absolute Gasteiger partial charge is 0.326 e. The largest absolute Gasteiger partial charge is 0.480 e. The first-order valence-electron chi connectivity index (χ1n) is 11.1. The topological polar surface area (TPSA) is 180 Å². The van der Waals surface area contributed by atoms with E-state index in [9.17, 15) is 29.1 Å². The van der Waals surface area contributed by atoms with Gasteiger partial charge in [0.25, 0.3) is 0 Å². The number of carboxylic acids is 1. The molecule has 11 heteroatoms. The lowest BCUT2D eigenvalue weighted by Crippen LogP contribution is -2.58. The molecular formula is C21H37N5O6. The van der Waals surface area contributed by atoms with Gasteiger partial charge in [0.05, 0.1) is 12.5 Å². The molecule has 1 fully saturated rings. The molecule has 1 aliphatic rings.